The summed E-state index contributed by atoms with van der Waals surface area (Å²) >= 11 is 0. The van der Waals surface area contributed by atoms with Gasteiger partial charge in [-0.1, -0.05) is 0 Å². The number of nitrogens with zero attached hydrogens (tertiary/aromatic N) is 2. The van der Waals surface area contributed by atoms with E-state index in [9.17, 15) is 14.4 Å². The number of amides is 1. The van der Waals surface area contributed by atoms with E-state index in [2.05, 4.69) is 15.2 Å². The minimum atomic E-state index is -0.659. The van der Waals surface area contributed by atoms with Crippen LogP contribution < -0.4 is 16.6 Å². The molecule has 0 bridgehead atoms. The summed E-state index contributed by atoms with van der Waals surface area (Å²) in [4.78, 5) is 42.7. The van der Waals surface area contributed by atoms with Crippen LogP contribution >= 0.6 is 0 Å². The Morgan fingerprint density at radius 3 is 2.70 bits per heavy atom. The molecule has 0 aliphatic carbocycles. The van der Waals surface area contributed by atoms with Crippen LogP contribution in [-0.4, -0.2) is 72.0 Å². The van der Waals surface area contributed by atoms with E-state index < -0.39 is 17.2 Å². The van der Waals surface area contributed by atoms with E-state index in [1.165, 1.54) is 4.90 Å². The van der Waals surface area contributed by atoms with Gasteiger partial charge in [0.15, 0.2) is 0 Å². The van der Waals surface area contributed by atoms with Crippen LogP contribution in [0.1, 0.15) is 10.4 Å². The van der Waals surface area contributed by atoms with Crippen LogP contribution in [0.4, 0.5) is 0 Å². The molecule has 2 rings (SSSR count). The van der Waals surface area contributed by atoms with Gasteiger partial charge in [0, 0.05) is 52.5 Å². The maximum absolute atomic E-state index is 12.1. The molecule has 1 fully saturated rings. The van der Waals surface area contributed by atoms with E-state index in [1.807, 2.05) is 4.98 Å². The summed E-state index contributed by atoms with van der Waals surface area (Å²) in [5.41, 5.74) is -1.32. The van der Waals surface area contributed by atoms with Gasteiger partial charge < -0.3 is 15.2 Å². The Balaban J connectivity index is 1.94. The van der Waals surface area contributed by atoms with Gasteiger partial charge in [0.05, 0.1) is 0 Å². The summed E-state index contributed by atoms with van der Waals surface area (Å²) in [5.74, 6) is -0.391. The van der Waals surface area contributed by atoms with E-state index in [0.717, 1.165) is 38.9 Å². The second kappa shape index (κ2) is 6.49. The molecule has 20 heavy (non-hydrogen) atoms. The molecule has 2 heterocycles. The summed E-state index contributed by atoms with van der Waals surface area (Å²) in [5, 5.41) is 3.26. The van der Waals surface area contributed by atoms with E-state index in [4.69, 9.17) is 0 Å². The molecule has 8 heteroatoms. The zero-order chi connectivity index (χ0) is 14.5. The minimum Gasteiger partial charge on any atom is -0.340 e. The molecule has 0 spiro atoms. The van der Waals surface area contributed by atoms with Gasteiger partial charge in [-0.2, -0.15) is 0 Å². The van der Waals surface area contributed by atoms with E-state index in [0.29, 0.717) is 6.54 Å². The second-order valence-corrected chi connectivity index (χ2v) is 4.80. The van der Waals surface area contributed by atoms with Crippen molar-refractivity contribution >= 4 is 5.91 Å². The van der Waals surface area contributed by atoms with E-state index >= 15 is 0 Å². The first-order chi connectivity index (χ1) is 9.58. The van der Waals surface area contributed by atoms with Crippen molar-refractivity contribution < 1.29 is 4.79 Å². The minimum absolute atomic E-state index is 0.0487. The van der Waals surface area contributed by atoms with Crippen molar-refractivity contribution in [1.82, 2.24) is 25.1 Å². The molecule has 8 nitrogen and oxygen atoms in total. The highest BCUT2D eigenvalue weighted by molar-refractivity contribution is 5.93. The van der Waals surface area contributed by atoms with Gasteiger partial charge in [-0.15, -0.1) is 0 Å². The Kier molecular flexibility index (Phi) is 4.70. The Labute approximate surface area is 115 Å². The van der Waals surface area contributed by atoms with Crippen molar-refractivity contribution in [2.45, 2.75) is 0 Å². The topological polar surface area (TPSA) is 101 Å². The molecular formula is C12H19N5O3. The van der Waals surface area contributed by atoms with Crippen LogP contribution in [0.2, 0.25) is 0 Å². The molecular weight excluding hydrogens is 262 g/mol. The summed E-state index contributed by atoms with van der Waals surface area (Å²) in [6.07, 6.45) is 1.16. The van der Waals surface area contributed by atoms with Crippen molar-refractivity contribution in [3.63, 3.8) is 0 Å². The molecule has 1 aromatic heterocycles. The Morgan fingerprint density at radius 1 is 1.35 bits per heavy atom. The molecule has 3 N–H and O–H groups in total. The molecule has 0 unspecified atom stereocenters. The van der Waals surface area contributed by atoms with E-state index in [1.54, 1.807) is 7.05 Å². The van der Waals surface area contributed by atoms with Crippen molar-refractivity contribution in [1.29, 1.82) is 0 Å². The molecule has 1 amide bonds. The fourth-order valence-corrected chi connectivity index (χ4v) is 2.10. The van der Waals surface area contributed by atoms with Crippen LogP contribution in [0.25, 0.3) is 0 Å². The number of carbonyl (C=O) groups is 1. The largest absolute Gasteiger partial charge is 0.340 e. The zero-order valence-electron chi connectivity index (χ0n) is 11.4. The Morgan fingerprint density at radius 2 is 2.05 bits per heavy atom. The molecule has 0 atom stereocenters. The average Bonchev–Trinajstić information content (AvgIpc) is 2.45. The van der Waals surface area contributed by atoms with Crippen LogP contribution in [0, 0.1) is 0 Å². The predicted molar refractivity (Wildman–Crippen MR) is 74.0 cm³/mol. The highest BCUT2D eigenvalue weighted by Crippen LogP contribution is 1.97. The number of hydrogen-bond acceptors (Lipinski definition) is 5. The monoisotopic (exact) mass is 281 g/mol. The molecule has 110 valence electrons. The maximum atomic E-state index is 12.1. The lowest BCUT2D eigenvalue weighted by Crippen LogP contribution is -2.46. The van der Waals surface area contributed by atoms with Gasteiger partial charge in [0.1, 0.15) is 5.56 Å². The smallest absolute Gasteiger partial charge is 0.325 e. The number of likely N-dealkylation sites (N-methyl/N-ethyl adjacent to an activating group) is 1. The Bertz CT molecular complexity index is 573. The molecule has 0 radical (unpaired) electrons. The van der Waals surface area contributed by atoms with Gasteiger partial charge in [-0.05, 0) is 0 Å². The molecule has 1 aliphatic rings. The molecule has 1 aromatic rings. The summed E-state index contributed by atoms with van der Waals surface area (Å²) < 4.78 is 0. The van der Waals surface area contributed by atoms with Crippen molar-refractivity contribution in [2.75, 3.05) is 46.3 Å². The van der Waals surface area contributed by atoms with Gasteiger partial charge >= 0.3 is 5.69 Å². The van der Waals surface area contributed by atoms with Crippen LogP contribution in [0.15, 0.2) is 15.8 Å². The van der Waals surface area contributed by atoms with Crippen molar-refractivity contribution in [3.8, 4) is 0 Å². The van der Waals surface area contributed by atoms with Crippen LogP contribution in [0.5, 0.6) is 0 Å². The maximum Gasteiger partial charge on any atom is 0.325 e. The van der Waals surface area contributed by atoms with Crippen molar-refractivity contribution in [3.05, 3.63) is 32.6 Å². The van der Waals surface area contributed by atoms with Crippen LogP contribution in [-0.2, 0) is 0 Å². The molecule has 1 saturated heterocycles. The zero-order valence-corrected chi connectivity index (χ0v) is 11.4. The summed E-state index contributed by atoms with van der Waals surface area (Å²) in [6.45, 7) is 5.14. The first-order valence-corrected chi connectivity index (χ1v) is 6.58. The van der Waals surface area contributed by atoms with Gasteiger partial charge in [-0.3, -0.25) is 19.5 Å². The predicted octanol–water partition coefficient (Wildman–Crippen LogP) is -1.96. The standard InChI is InChI=1S/C12H19N5O3/c1-16(6-7-17-4-2-13-3-5-17)11(19)9-8-14-12(20)15-10(9)18/h8,13H,2-7H2,1H3,(H2,14,15,18,20). The number of carbonyl (C=O) groups excluding carboxylic acids is 1. The molecule has 0 aromatic carbocycles. The average molecular weight is 281 g/mol. The number of aromatic amines is 2. The number of rotatable bonds is 4. The number of piperazine rings is 1. The fourth-order valence-electron chi connectivity index (χ4n) is 2.10. The fraction of sp³-hybridized carbons (Fsp3) is 0.583. The Hall–Kier alpha value is -1.93. The normalized spacial score (nSPS) is 16.1. The number of nitrogens with one attached hydrogen (secondary N) is 3. The SMILES string of the molecule is CN(CCN1CCNCC1)C(=O)c1c[nH]c(=O)[nH]c1=O. The highest BCUT2D eigenvalue weighted by Gasteiger charge is 2.17. The third-order valence-electron chi connectivity index (χ3n) is 3.36. The second-order valence-electron chi connectivity index (χ2n) is 4.80. The lowest BCUT2D eigenvalue weighted by Gasteiger charge is -2.29. The number of H-pyrrole nitrogens is 2. The van der Waals surface area contributed by atoms with Gasteiger partial charge in [0.25, 0.3) is 11.5 Å². The third-order valence-corrected chi connectivity index (χ3v) is 3.36. The summed E-state index contributed by atoms with van der Waals surface area (Å²) in [7, 11) is 1.65. The van der Waals surface area contributed by atoms with Crippen LogP contribution in [0.3, 0.4) is 0 Å². The number of hydrogen-bond donors (Lipinski definition) is 3. The summed E-state index contributed by atoms with van der Waals surface area (Å²) in [6, 6.07) is 0. The molecule has 0 saturated carbocycles. The lowest BCUT2D eigenvalue weighted by atomic mass is 10.3. The van der Waals surface area contributed by atoms with Gasteiger partial charge in [-0.25, -0.2) is 4.79 Å². The lowest BCUT2D eigenvalue weighted by molar-refractivity contribution is 0.0772. The third kappa shape index (κ3) is 3.55. The van der Waals surface area contributed by atoms with Crippen molar-refractivity contribution in [2.24, 2.45) is 0 Å². The van der Waals surface area contributed by atoms with E-state index in [-0.39, 0.29) is 5.56 Å². The molecule has 1 aliphatic heterocycles. The first kappa shape index (κ1) is 14.5. The first-order valence-electron chi connectivity index (χ1n) is 6.58. The highest BCUT2D eigenvalue weighted by atomic mass is 16.2. The quantitative estimate of drug-likeness (QED) is 0.595. The van der Waals surface area contributed by atoms with Gasteiger partial charge in [0.2, 0.25) is 0 Å². The number of aromatic nitrogens is 2.